The molecule has 0 aliphatic carbocycles. The van der Waals surface area contributed by atoms with Crippen LogP contribution in [0.4, 0.5) is 0 Å². The van der Waals surface area contributed by atoms with Gasteiger partial charge in [-0.25, -0.2) is 4.98 Å². The molecule has 0 spiro atoms. The Bertz CT molecular complexity index is 811. The molecule has 0 saturated carbocycles. The minimum Gasteiger partial charge on any atom is -0.495 e. The number of aryl methyl sites for hydroxylation is 1. The van der Waals surface area contributed by atoms with Gasteiger partial charge in [0.2, 0.25) is 5.91 Å². The highest BCUT2D eigenvalue weighted by molar-refractivity contribution is 5.77. The zero-order valence-corrected chi connectivity index (χ0v) is 13.7. The Hall–Kier alpha value is -2.89. The van der Waals surface area contributed by atoms with E-state index in [2.05, 4.69) is 20.3 Å². The fourth-order valence-corrected chi connectivity index (χ4v) is 2.67. The van der Waals surface area contributed by atoms with Crippen molar-refractivity contribution >= 4 is 16.9 Å². The quantitative estimate of drug-likeness (QED) is 0.730. The highest BCUT2D eigenvalue weighted by Gasteiger charge is 2.14. The van der Waals surface area contributed by atoms with Crippen LogP contribution in [0.3, 0.4) is 0 Å². The summed E-state index contributed by atoms with van der Waals surface area (Å²) in [4.78, 5) is 24.0. The summed E-state index contributed by atoms with van der Waals surface area (Å²) in [6, 6.07) is 9.54. The van der Waals surface area contributed by atoms with Gasteiger partial charge in [0, 0.05) is 24.6 Å². The third kappa shape index (κ3) is 3.53. The molecule has 0 aliphatic rings. The number of aromatic nitrogens is 3. The van der Waals surface area contributed by atoms with Crippen LogP contribution in [0.15, 0.2) is 42.7 Å². The van der Waals surface area contributed by atoms with Gasteiger partial charge in [0.25, 0.3) is 0 Å². The van der Waals surface area contributed by atoms with E-state index in [1.54, 1.807) is 19.5 Å². The molecule has 0 unspecified atom stereocenters. The smallest absolute Gasteiger partial charge is 0.220 e. The number of nitrogens with zero attached hydrogens (tertiary/aromatic N) is 2. The number of benzene rings is 1. The van der Waals surface area contributed by atoms with Crippen LogP contribution in [0.1, 0.15) is 30.8 Å². The number of methoxy groups -OCH3 is 1. The van der Waals surface area contributed by atoms with E-state index >= 15 is 0 Å². The van der Waals surface area contributed by atoms with E-state index in [1.165, 1.54) is 0 Å². The zero-order chi connectivity index (χ0) is 16.9. The lowest BCUT2D eigenvalue weighted by Gasteiger charge is -2.16. The van der Waals surface area contributed by atoms with Crippen LogP contribution in [0.2, 0.25) is 0 Å². The van der Waals surface area contributed by atoms with Gasteiger partial charge in [-0.1, -0.05) is 12.1 Å². The maximum absolute atomic E-state index is 12.2. The Labute approximate surface area is 140 Å². The average Bonchev–Trinajstić information content (AvgIpc) is 3.03. The Kier molecular flexibility index (Phi) is 4.74. The maximum atomic E-state index is 12.2. The van der Waals surface area contributed by atoms with Gasteiger partial charge in [-0.05, 0) is 25.1 Å². The normalized spacial score (nSPS) is 12.1. The van der Waals surface area contributed by atoms with Crippen LogP contribution < -0.4 is 10.1 Å². The number of rotatable bonds is 6. The van der Waals surface area contributed by atoms with E-state index < -0.39 is 0 Å². The second kappa shape index (κ2) is 7.12. The minimum atomic E-state index is -0.147. The highest BCUT2D eigenvalue weighted by Crippen LogP contribution is 2.23. The number of H-pyrrole nitrogens is 1. The standard InChI is InChI=1S/C18H20N4O2/c1-12(13-9-10-19-11-16(13)24-2)20-18(23)8-7-17-21-14-5-3-4-6-15(14)22-17/h3-6,9-12H,7-8H2,1-2H3,(H,20,23)(H,21,22)/t12-/m1/s1. The van der Waals surface area contributed by atoms with Crippen molar-refractivity contribution in [2.45, 2.75) is 25.8 Å². The predicted octanol–water partition coefficient (Wildman–Crippen LogP) is 2.78. The maximum Gasteiger partial charge on any atom is 0.220 e. The first-order valence-electron chi connectivity index (χ1n) is 7.88. The summed E-state index contributed by atoms with van der Waals surface area (Å²) in [7, 11) is 1.59. The highest BCUT2D eigenvalue weighted by atomic mass is 16.5. The van der Waals surface area contributed by atoms with E-state index in [1.807, 2.05) is 37.3 Å². The van der Waals surface area contributed by atoms with Crippen molar-refractivity contribution in [1.29, 1.82) is 0 Å². The van der Waals surface area contributed by atoms with E-state index in [9.17, 15) is 4.79 Å². The monoisotopic (exact) mass is 324 g/mol. The number of hydrogen-bond donors (Lipinski definition) is 2. The number of pyridine rings is 1. The lowest BCUT2D eigenvalue weighted by atomic mass is 10.1. The summed E-state index contributed by atoms with van der Waals surface area (Å²) in [5.74, 6) is 1.46. The van der Waals surface area contributed by atoms with Crippen LogP contribution in [0.25, 0.3) is 11.0 Å². The van der Waals surface area contributed by atoms with Crippen LogP contribution in [0.5, 0.6) is 5.75 Å². The van der Waals surface area contributed by atoms with Gasteiger partial charge in [-0.2, -0.15) is 0 Å². The number of carbonyl (C=O) groups is 1. The summed E-state index contributed by atoms with van der Waals surface area (Å²) in [6.45, 7) is 1.93. The SMILES string of the molecule is COc1cnccc1[C@@H](C)NC(=O)CCc1nc2ccccc2[nH]1. The first-order valence-corrected chi connectivity index (χ1v) is 7.88. The number of ether oxygens (including phenoxy) is 1. The van der Waals surface area contributed by atoms with Gasteiger partial charge in [-0.3, -0.25) is 9.78 Å². The predicted molar refractivity (Wildman–Crippen MR) is 91.8 cm³/mol. The molecule has 1 atom stereocenters. The fourth-order valence-electron chi connectivity index (χ4n) is 2.67. The molecule has 0 saturated heterocycles. The second-order valence-electron chi connectivity index (χ2n) is 5.61. The Balaban J connectivity index is 1.59. The van der Waals surface area contributed by atoms with E-state index in [-0.39, 0.29) is 11.9 Å². The van der Waals surface area contributed by atoms with Crippen molar-refractivity contribution in [3.05, 3.63) is 54.1 Å². The molecule has 2 heterocycles. The first kappa shape index (κ1) is 16.0. The van der Waals surface area contributed by atoms with Gasteiger partial charge in [0.15, 0.2) is 0 Å². The number of fused-ring (bicyclic) bond motifs is 1. The van der Waals surface area contributed by atoms with Gasteiger partial charge in [0.05, 0.1) is 30.4 Å². The molecular formula is C18H20N4O2. The number of para-hydroxylation sites is 2. The molecule has 0 fully saturated rings. The number of imidazole rings is 1. The molecule has 6 heteroatoms. The number of hydrogen-bond acceptors (Lipinski definition) is 4. The molecule has 2 N–H and O–H groups in total. The summed E-state index contributed by atoms with van der Waals surface area (Å²) < 4.78 is 5.28. The van der Waals surface area contributed by atoms with Crippen molar-refractivity contribution in [1.82, 2.24) is 20.3 Å². The van der Waals surface area contributed by atoms with Crippen molar-refractivity contribution in [2.75, 3.05) is 7.11 Å². The summed E-state index contributed by atoms with van der Waals surface area (Å²) in [5, 5.41) is 2.99. The van der Waals surface area contributed by atoms with Gasteiger partial charge in [-0.15, -0.1) is 0 Å². The molecule has 3 aromatic rings. The van der Waals surface area contributed by atoms with Gasteiger partial charge >= 0.3 is 0 Å². The summed E-state index contributed by atoms with van der Waals surface area (Å²) >= 11 is 0. The van der Waals surface area contributed by atoms with Crippen molar-refractivity contribution < 1.29 is 9.53 Å². The van der Waals surface area contributed by atoms with Gasteiger partial charge in [0.1, 0.15) is 11.6 Å². The topological polar surface area (TPSA) is 79.9 Å². The molecule has 3 rings (SSSR count). The fraction of sp³-hybridized carbons (Fsp3) is 0.278. The van der Waals surface area contributed by atoms with Crippen molar-refractivity contribution in [3.63, 3.8) is 0 Å². The van der Waals surface area contributed by atoms with Gasteiger partial charge < -0.3 is 15.0 Å². The molecule has 0 aliphatic heterocycles. The first-order chi connectivity index (χ1) is 11.7. The average molecular weight is 324 g/mol. The molecule has 6 nitrogen and oxygen atoms in total. The molecule has 0 radical (unpaired) electrons. The number of carbonyl (C=O) groups excluding carboxylic acids is 1. The van der Waals surface area contributed by atoms with Crippen LogP contribution in [-0.2, 0) is 11.2 Å². The third-order valence-electron chi connectivity index (χ3n) is 3.91. The second-order valence-corrected chi connectivity index (χ2v) is 5.61. The molecule has 1 aromatic carbocycles. The summed E-state index contributed by atoms with van der Waals surface area (Å²) in [5.41, 5.74) is 2.81. The van der Waals surface area contributed by atoms with E-state index in [0.29, 0.717) is 18.6 Å². The van der Waals surface area contributed by atoms with Crippen LogP contribution in [0, 0.1) is 0 Å². The number of nitrogens with one attached hydrogen (secondary N) is 2. The molecular weight excluding hydrogens is 304 g/mol. The minimum absolute atomic E-state index is 0.0261. The van der Waals surface area contributed by atoms with E-state index in [0.717, 1.165) is 22.4 Å². The molecule has 124 valence electrons. The van der Waals surface area contributed by atoms with Crippen molar-refractivity contribution in [3.8, 4) is 5.75 Å². The van der Waals surface area contributed by atoms with Crippen LogP contribution in [-0.4, -0.2) is 28.0 Å². The van der Waals surface area contributed by atoms with Crippen LogP contribution >= 0.6 is 0 Å². The zero-order valence-electron chi connectivity index (χ0n) is 13.7. The Morgan fingerprint density at radius 3 is 2.96 bits per heavy atom. The lowest BCUT2D eigenvalue weighted by Crippen LogP contribution is -2.27. The lowest BCUT2D eigenvalue weighted by molar-refractivity contribution is -0.121. The molecule has 1 amide bonds. The number of aromatic amines is 1. The molecule has 24 heavy (non-hydrogen) atoms. The third-order valence-corrected chi connectivity index (χ3v) is 3.91. The van der Waals surface area contributed by atoms with E-state index in [4.69, 9.17) is 4.74 Å². The Morgan fingerprint density at radius 1 is 1.33 bits per heavy atom. The Morgan fingerprint density at radius 2 is 2.17 bits per heavy atom. The van der Waals surface area contributed by atoms with Crippen molar-refractivity contribution in [2.24, 2.45) is 0 Å². The summed E-state index contributed by atoms with van der Waals surface area (Å²) in [6.07, 6.45) is 4.28. The molecule has 2 aromatic heterocycles. The molecule has 0 bridgehead atoms. The number of amides is 1. The largest absolute Gasteiger partial charge is 0.495 e.